The SMILES string of the molecule is C[C@H](Oc1ccc2c(c1CSCc1ccc(Cl)c(Cl)c1)CCCC2=O)c1ccccc1-n1ccnc1. The lowest BCUT2D eigenvalue weighted by Gasteiger charge is -2.25. The van der Waals surface area contributed by atoms with Crippen LogP contribution in [0.3, 0.4) is 0 Å². The normalized spacial score (nSPS) is 13.9. The van der Waals surface area contributed by atoms with Gasteiger partial charge in [0.1, 0.15) is 11.9 Å². The minimum absolute atomic E-state index is 0.195. The summed E-state index contributed by atoms with van der Waals surface area (Å²) in [6.07, 6.45) is 7.67. The summed E-state index contributed by atoms with van der Waals surface area (Å²) < 4.78 is 8.61. The van der Waals surface area contributed by atoms with Gasteiger partial charge in [-0.1, -0.05) is 47.5 Å². The average molecular weight is 538 g/mol. The Morgan fingerprint density at radius 1 is 1.06 bits per heavy atom. The minimum Gasteiger partial charge on any atom is -0.486 e. The summed E-state index contributed by atoms with van der Waals surface area (Å²) in [7, 11) is 0. The van der Waals surface area contributed by atoms with E-state index < -0.39 is 0 Å². The van der Waals surface area contributed by atoms with Gasteiger partial charge in [0.05, 0.1) is 22.1 Å². The molecule has 0 aliphatic heterocycles. The van der Waals surface area contributed by atoms with E-state index in [1.54, 1.807) is 24.3 Å². The summed E-state index contributed by atoms with van der Waals surface area (Å²) in [5, 5.41) is 1.12. The second-order valence-corrected chi connectivity index (χ2v) is 10.7. The van der Waals surface area contributed by atoms with Crippen molar-refractivity contribution in [3.05, 3.63) is 111 Å². The molecule has 0 spiro atoms. The van der Waals surface area contributed by atoms with Crippen LogP contribution >= 0.6 is 35.0 Å². The van der Waals surface area contributed by atoms with Gasteiger partial charge < -0.3 is 9.30 Å². The van der Waals surface area contributed by atoms with Crippen LogP contribution in [-0.2, 0) is 17.9 Å². The predicted molar refractivity (Wildman–Crippen MR) is 148 cm³/mol. The highest BCUT2D eigenvalue weighted by atomic mass is 35.5. The number of Topliss-reactive ketones (excluding diaryl/α,β-unsaturated/α-hetero) is 1. The molecular formula is C29H26Cl2N2O2S. The first kappa shape index (κ1) is 24.9. The van der Waals surface area contributed by atoms with Crippen LogP contribution in [-0.4, -0.2) is 15.3 Å². The van der Waals surface area contributed by atoms with Crippen LogP contribution < -0.4 is 4.74 Å². The van der Waals surface area contributed by atoms with E-state index in [1.165, 1.54) is 0 Å². The van der Waals surface area contributed by atoms with E-state index in [-0.39, 0.29) is 11.9 Å². The van der Waals surface area contributed by atoms with Crippen molar-refractivity contribution in [2.45, 2.75) is 43.8 Å². The molecule has 1 aliphatic rings. The Morgan fingerprint density at radius 3 is 2.72 bits per heavy atom. The molecule has 4 nitrogen and oxygen atoms in total. The standard InChI is InChI=1S/C29H26Cl2N2O2S/c1-19(21-5-2-3-7-27(21)33-14-13-32-18-33)35-29-12-10-23-22(6-4-8-28(23)34)24(29)17-36-16-20-9-11-25(30)26(31)15-20/h2-3,5,7,9-15,18-19H,4,6,8,16-17H2,1H3/t19-/m0/s1. The van der Waals surface area contributed by atoms with Crippen molar-refractivity contribution in [3.63, 3.8) is 0 Å². The Kier molecular flexibility index (Phi) is 7.70. The maximum Gasteiger partial charge on any atom is 0.163 e. The molecule has 36 heavy (non-hydrogen) atoms. The van der Waals surface area contributed by atoms with Crippen molar-refractivity contribution >= 4 is 40.7 Å². The average Bonchev–Trinajstić information content (AvgIpc) is 3.42. The first-order valence-corrected chi connectivity index (χ1v) is 13.9. The summed E-state index contributed by atoms with van der Waals surface area (Å²) in [5.41, 5.74) is 6.29. The van der Waals surface area contributed by atoms with Crippen molar-refractivity contribution in [1.82, 2.24) is 9.55 Å². The Hall–Kier alpha value is -2.73. The van der Waals surface area contributed by atoms with Gasteiger partial charge in [-0.3, -0.25) is 4.79 Å². The molecule has 0 unspecified atom stereocenters. The smallest absolute Gasteiger partial charge is 0.163 e. The van der Waals surface area contributed by atoms with E-state index in [0.717, 1.165) is 63.6 Å². The van der Waals surface area contributed by atoms with Crippen LogP contribution in [0.4, 0.5) is 0 Å². The quantitative estimate of drug-likeness (QED) is 0.227. The molecule has 5 rings (SSSR count). The third-order valence-corrected chi connectivity index (χ3v) is 8.25. The molecule has 1 atom stereocenters. The van der Waals surface area contributed by atoms with Crippen LogP contribution in [0.1, 0.15) is 58.5 Å². The number of halogens is 2. The van der Waals surface area contributed by atoms with Gasteiger partial charge in [-0.2, -0.15) is 11.8 Å². The molecule has 3 aromatic carbocycles. The summed E-state index contributed by atoms with van der Waals surface area (Å²) >= 11 is 14.1. The second kappa shape index (κ2) is 11.1. The van der Waals surface area contributed by atoms with Gasteiger partial charge in [0.15, 0.2) is 5.78 Å². The molecule has 0 saturated heterocycles. The number of aromatic nitrogens is 2. The lowest BCUT2D eigenvalue weighted by molar-refractivity contribution is 0.0972. The number of imidazole rings is 1. The first-order valence-electron chi connectivity index (χ1n) is 11.9. The van der Waals surface area contributed by atoms with Gasteiger partial charge in [-0.15, -0.1) is 0 Å². The number of para-hydroxylation sites is 1. The van der Waals surface area contributed by atoms with Crippen LogP contribution in [0, 0.1) is 0 Å². The van der Waals surface area contributed by atoms with Gasteiger partial charge in [0, 0.05) is 47.0 Å². The van der Waals surface area contributed by atoms with Crippen molar-refractivity contribution in [1.29, 1.82) is 0 Å². The zero-order valence-corrected chi connectivity index (χ0v) is 22.2. The number of rotatable bonds is 8. The number of ether oxygens (including phenoxy) is 1. The van der Waals surface area contributed by atoms with Crippen molar-refractivity contribution in [2.75, 3.05) is 0 Å². The molecule has 1 aliphatic carbocycles. The Bertz CT molecular complexity index is 1390. The van der Waals surface area contributed by atoms with Gasteiger partial charge >= 0.3 is 0 Å². The van der Waals surface area contributed by atoms with Crippen LogP contribution in [0.25, 0.3) is 5.69 Å². The molecule has 184 valence electrons. The molecule has 0 bridgehead atoms. The summed E-state index contributed by atoms with van der Waals surface area (Å²) in [5.74, 6) is 2.57. The molecule has 1 heterocycles. The van der Waals surface area contributed by atoms with Crippen LogP contribution in [0.5, 0.6) is 5.75 Å². The van der Waals surface area contributed by atoms with Crippen molar-refractivity contribution in [3.8, 4) is 11.4 Å². The highest BCUT2D eigenvalue weighted by molar-refractivity contribution is 7.97. The molecule has 4 aromatic rings. The van der Waals surface area contributed by atoms with Crippen LogP contribution in [0.2, 0.25) is 10.0 Å². The van der Waals surface area contributed by atoms with E-state index in [2.05, 4.69) is 24.0 Å². The van der Waals surface area contributed by atoms with Crippen molar-refractivity contribution in [2.24, 2.45) is 0 Å². The lowest BCUT2D eigenvalue weighted by atomic mass is 9.87. The zero-order valence-electron chi connectivity index (χ0n) is 19.9. The number of benzene rings is 3. The molecule has 0 fully saturated rings. The molecule has 7 heteroatoms. The summed E-state index contributed by atoms with van der Waals surface area (Å²) in [4.78, 5) is 16.8. The molecule has 0 saturated carbocycles. The third-order valence-electron chi connectivity index (χ3n) is 6.48. The maximum atomic E-state index is 12.6. The number of carbonyl (C=O) groups is 1. The van der Waals surface area contributed by atoms with Gasteiger partial charge in [-0.05, 0) is 61.2 Å². The number of thioether (sulfide) groups is 1. The van der Waals surface area contributed by atoms with E-state index in [0.29, 0.717) is 16.5 Å². The van der Waals surface area contributed by atoms with Gasteiger partial charge in [-0.25, -0.2) is 4.98 Å². The summed E-state index contributed by atoms with van der Waals surface area (Å²) in [6, 6.07) is 17.8. The fourth-order valence-corrected chi connectivity index (χ4v) is 6.03. The number of fused-ring (bicyclic) bond motifs is 1. The number of hydrogen-bond donors (Lipinski definition) is 0. The van der Waals surface area contributed by atoms with E-state index in [9.17, 15) is 4.79 Å². The maximum absolute atomic E-state index is 12.6. The molecule has 0 radical (unpaired) electrons. The number of hydrogen-bond acceptors (Lipinski definition) is 4. The topological polar surface area (TPSA) is 44.1 Å². The highest BCUT2D eigenvalue weighted by Crippen LogP contribution is 2.37. The van der Waals surface area contributed by atoms with E-state index in [4.69, 9.17) is 27.9 Å². The Labute approximate surface area is 225 Å². The molecule has 1 aromatic heterocycles. The monoisotopic (exact) mass is 536 g/mol. The van der Waals surface area contributed by atoms with Crippen LogP contribution in [0.15, 0.2) is 73.3 Å². The van der Waals surface area contributed by atoms with Gasteiger partial charge in [0.25, 0.3) is 0 Å². The fraction of sp³-hybridized carbons (Fsp3) is 0.241. The van der Waals surface area contributed by atoms with E-state index in [1.807, 2.05) is 53.2 Å². The van der Waals surface area contributed by atoms with Crippen molar-refractivity contribution < 1.29 is 9.53 Å². The highest BCUT2D eigenvalue weighted by Gasteiger charge is 2.24. The zero-order chi connectivity index (χ0) is 25.1. The summed E-state index contributed by atoms with van der Waals surface area (Å²) in [6.45, 7) is 2.06. The number of ketones is 1. The molecular weight excluding hydrogens is 511 g/mol. The first-order chi connectivity index (χ1) is 17.5. The Balaban J connectivity index is 1.42. The van der Waals surface area contributed by atoms with Gasteiger partial charge in [0.2, 0.25) is 0 Å². The van der Waals surface area contributed by atoms with E-state index >= 15 is 0 Å². The Morgan fingerprint density at radius 2 is 1.92 bits per heavy atom. The largest absolute Gasteiger partial charge is 0.486 e. The molecule has 0 N–H and O–H groups in total. The second-order valence-electron chi connectivity index (χ2n) is 8.88. The number of nitrogens with zero attached hydrogens (tertiary/aromatic N) is 2. The molecule has 0 amide bonds. The minimum atomic E-state index is -0.195. The lowest BCUT2D eigenvalue weighted by Crippen LogP contribution is -2.15. The predicted octanol–water partition coefficient (Wildman–Crippen LogP) is 8.27. The third kappa shape index (κ3) is 5.34. The fourth-order valence-electron chi connectivity index (χ4n) is 4.67. The number of carbonyl (C=O) groups excluding carboxylic acids is 1.